The molecule has 0 amide bonds. The average molecular weight is 373 g/mol. The van der Waals surface area contributed by atoms with Crippen LogP contribution < -0.4 is 0 Å². The summed E-state index contributed by atoms with van der Waals surface area (Å²) in [6.45, 7) is 1.86. The van der Waals surface area contributed by atoms with Gasteiger partial charge in [-0.3, -0.25) is 0 Å². The van der Waals surface area contributed by atoms with Gasteiger partial charge in [-0.2, -0.15) is 4.98 Å². The van der Waals surface area contributed by atoms with E-state index in [2.05, 4.69) is 26.1 Å². The van der Waals surface area contributed by atoms with E-state index in [9.17, 15) is 4.79 Å². The molecule has 1 heterocycles. The minimum atomic E-state index is -0.419. The topological polar surface area (TPSA) is 65.2 Å². The third-order valence-electron chi connectivity index (χ3n) is 3.15. The lowest BCUT2D eigenvalue weighted by molar-refractivity contribution is 0.0429. The van der Waals surface area contributed by atoms with E-state index in [1.165, 1.54) is 0 Å². The van der Waals surface area contributed by atoms with Crippen molar-refractivity contribution in [3.63, 3.8) is 0 Å². The number of aromatic nitrogens is 2. The van der Waals surface area contributed by atoms with Gasteiger partial charge < -0.3 is 9.26 Å². The molecule has 0 unspecified atom stereocenters. The van der Waals surface area contributed by atoms with Gasteiger partial charge in [0.05, 0.1) is 5.56 Å². The zero-order chi connectivity index (χ0) is 16.2. The van der Waals surface area contributed by atoms with E-state index in [1.54, 1.807) is 12.1 Å². The van der Waals surface area contributed by atoms with Gasteiger partial charge in [-0.1, -0.05) is 38.8 Å². The molecule has 0 aliphatic heterocycles. The second-order valence-electron chi connectivity index (χ2n) is 4.96. The van der Waals surface area contributed by atoms with Crippen LogP contribution in [0.4, 0.5) is 0 Å². The largest absolute Gasteiger partial charge is 0.452 e. The van der Waals surface area contributed by atoms with Crippen molar-refractivity contribution in [2.24, 2.45) is 0 Å². The first kappa shape index (κ1) is 15.4. The van der Waals surface area contributed by atoms with Crippen LogP contribution in [0.1, 0.15) is 21.8 Å². The average Bonchev–Trinajstić information content (AvgIpc) is 3.02. The number of hydrogen-bond acceptors (Lipinski definition) is 5. The molecule has 3 rings (SSSR count). The maximum absolute atomic E-state index is 12.0. The van der Waals surface area contributed by atoms with Crippen molar-refractivity contribution in [2.45, 2.75) is 13.5 Å². The van der Waals surface area contributed by atoms with E-state index in [-0.39, 0.29) is 12.5 Å². The zero-order valence-corrected chi connectivity index (χ0v) is 13.9. The minimum Gasteiger partial charge on any atom is -0.452 e. The Labute approximate surface area is 141 Å². The molecule has 23 heavy (non-hydrogen) atoms. The summed E-state index contributed by atoms with van der Waals surface area (Å²) in [5.74, 6) is 0.292. The minimum absolute atomic E-state index is 0.0592. The second kappa shape index (κ2) is 6.75. The lowest BCUT2D eigenvalue weighted by Gasteiger charge is -2.02. The number of carbonyl (C=O) groups excluding carboxylic acids is 1. The summed E-state index contributed by atoms with van der Waals surface area (Å²) in [5, 5.41) is 3.89. The molecule has 1 aromatic heterocycles. The van der Waals surface area contributed by atoms with E-state index >= 15 is 0 Å². The molecular formula is C17H13BrN2O3. The maximum atomic E-state index is 12.0. The number of halogens is 1. The van der Waals surface area contributed by atoms with Crippen LogP contribution in [-0.2, 0) is 11.3 Å². The number of hydrogen-bond donors (Lipinski definition) is 0. The molecule has 6 heteroatoms. The molecule has 0 aliphatic rings. The van der Waals surface area contributed by atoms with Crippen LogP contribution in [0, 0.1) is 6.92 Å². The van der Waals surface area contributed by atoms with Crippen LogP contribution in [0.15, 0.2) is 57.5 Å². The van der Waals surface area contributed by atoms with E-state index < -0.39 is 5.97 Å². The summed E-state index contributed by atoms with van der Waals surface area (Å²) in [6.07, 6.45) is 0. The second-order valence-corrected chi connectivity index (χ2v) is 5.88. The summed E-state index contributed by atoms with van der Waals surface area (Å²) in [4.78, 5) is 16.2. The first-order valence-electron chi connectivity index (χ1n) is 6.94. The Balaban J connectivity index is 1.65. The highest BCUT2D eigenvalue weighted by atomic mass is 79.9. The highest BCUT2D eigenvalue weighted by Gasteiger charge is 2.12. The molecule has 0 N–H and O–H groups in total. The van der Waals surface area contributed by atoms with Crippen LogP contribution in [0.3, 0.4) is 0 Å². The molecule has 0 radical (unpaired) electrons. The van der Waals surface area contributed by atoms with Gasteiger partial charge in [0.15, 0.2) is 6.61 Å². The fraction of sp³-hybridized carbons (Fsp3) is 0.118. The number of ether oxygens (including phenoxy) is 1. The van der Waals surface area contributed by atoms with Gasteiger partial charge >= 0.3 is 5.97 Å². The predicted octanol–water partition coefficient (Wildman–Crippen LogP) is 4.16. The molecule has 0 fully saturated rings. The first-order valence-corrected chi connectivity index (χ1v) is 7.73. The number of benzene rings is 2. The molecule has 0 bridgehead atoms. The van der Waals surface area contributed by atoms with Crippen LogP contribution in [0.5, 0.6) is 0 Å². The zero-order valence-electron chi connectivity index (χ0n) is 12.3. The standard InChI is InChI=1S/C17H13BrN2O3/c1-11-3-2-4-13(9-11)17(21)22-10-15-19-16(20-23-15)12-5-7-14(18)8-6-12/h2-9H,10H2,1H3. The summed E-state index contributed by atoms with van der Waals surface area (Å²) >= 11 is 3.37. The van der Waals surface area contributed by atoms with Gasteiger partial charge in [-0.15, -0.1) is 0 Å². The molecule has 2 aromatic carbocycles. The highest BCUT2D eigenvalue weighted by molar-refractivity contribution is 9.10. The van der Waals surface area contributed by atoms with Gasteiger partial charge in [0.1, 0.15) is 0 Å². The van der Waals surface area contributed by atoms with Gasteiger partial charge in [0, 0.05) is 10.0 Å². The number of rotatable bonds is 4. The monoisotopic (exact) mass is 372 g/mol. The summed E-state index contributed by atoms with van der Waals surface area (Å²) in [5.41, 5.74) is 2.32. The summed E-state index contributed by atoms with van der Waals surface area (Å²) in [6, 6.07) is 14.7. The number of nitrogens with zero attached hydrogens (tertiary/aromatic N) is 2. The molecule has 0 saturated carbocycles. The van der Waals surface area contributed by atoms with Crippen LogP contribution in [0.25, 0.3) is 11.4 Å². The summed E-state index contributed by atoms with van der Waals surface area (Å²) < 4.78 is 11.3. The molecule has 0 aliphatic carbocycles. The van der Waals surface area contributed by atoms with Gasteiger partial charge in [-0.05, 0) is 43.3 Å². The molecule has 0 spiro atoms. The van der Waals surface area contributed by atoms with Crippen molar-refractivity contribution < 1.29 is 14.1 Å². The van der Waals surface area contributed by atoms with Crippen molar-refractivity contribution >= 4 is 21.9 Å². The van der Waals surface area contributed by atoms with Gasteiger partial charge in [0.2, 0.25) is 5.82 Å². The third kappa shape index (κ3) is 3.84. The van der Waals surface area contributed by atoms with Crippen molar-refractivity contribution in [1.29, 1.82) is 0 Å². The Kier molecular flexibility index (Phi) is 4.52. The first-order chi connectivity index (χ1) is 11.1. The van der Waals surface area contributed by atoms with Crippen molar-refractivity contribution in [3.05, 3.63) is 70.0 Å². The molecule has 5 nitrogen and oxygen atoms in total. The Morgan fingerprint density at radius 1 is 1.22 bits per heavy atom. The quantitative estimate of drug-likeness (QED) is 0.643. The highest BCUT2D eigenvalue weighted by Crippen LogP contribution is 2.19. The number of carbonyl (C=O) groups is 1. The third-order valence-corrected chi connectivity index (χ3v) is 3.68. The Morgan fingerprint density at radius 2 is 2.00 bits per heavy atom. The van der Waals surface area contributed by atoms with Crippen LogP contribution in [-0.4, -0.2) is 16.1 Å². The molecule has 0 saturated heterocycles. The van der Waals surface area contributed by atoms with Crippen molar-refractivity contribution in [3.8, 4) is 11.4 Å². The fourth-order valence-corrected chi connectivity index (χ4v) is 2.28. The van der Waals surface area contributed by atoms with Gasteiger partial charge in [0.25, 0.3) is 5.89 Å². The summed E-state index contributed by atoms with van der Waals surface area (Å²) in [7, 11) is 0. The lowest BCUT2D eigenvalue weighted by atomic mass is 10.1. The Bertz CT molecular complexity index is 828. The SMILES string of the molecule is Cc1cccc(C(=O)OCc2nc(-c3ccc(Br)cc3)no2)c1. The Morgan fingerprint density at radius 3 is 2.74 bits per heavy atom. The lowest BCUT2D eigenvalue weighted by Crippen LogP contribution is -2.05. The van der Waals surface area contributed by atoms with Crippen molar-refractivity contribution in [1.82, 2.24) is 10.1 Å². The molecule has 116 valence electrons. The number of aryl methyl sites for hydroxylation is 1. The molecule has 3 aromatic rings. The van der Waals surface area contributed by atoms with E-state index in [1.807, 2.05) is 43.3 Å². The normalized spacial score (nSPS) is 10.5. The van der Waals surface area contributed by atoms with Crippen LogP contribution in [0.2, 0.25) is 0 Å². The van der Waals surface area contributed by atoms with E-state index in [0.717, 1.165) is 15.6 Å². The van der Waals surface area contributed by atoms with E-state index in [4.69, 9.17) is 9.26 Å². The smallest absolute Gasteiger partial charge is 0.338 e. The van der Waals surface area contributed by atoms with Crippen LogP contribution >= 0.6 is 15.9 Å². The molecular weight excluding hydrogens is 360 g/mol. The Hall–Kier alpha value is -2.47. The maximum Gasteiger partial charge on any atom is 0.338 e. The predicted molar refractivity (Wildman–Crippen MR) is 87.7 cm³/mol. The number of esters is 1. The van der Waals surface area contributed by atoms with E-state index in [0.29, 0.717) is 11.4 Å². The van der Waals surface area contributed by atoms with Crippen molar-refractivity contribution in [2.75, 3.05) is 0 Å². The molecule has 0 atom stereocenters. The van der Waals surface area contributed by atoms with Gasteiger partial charge in [-0.25, -0.2) is 4.79 Å². The fourth-order valence-electron chi connectivity index (χ4n) is 2.01.